The highest BCUT2D eigenvalue weighted by atomic mass is 19.1. The first kappa shape index (κ1) is 14.0. The van der Waals surface area contributed by atoms with Gasteiger partial charge in [0.2, 0.25) is 5.91 Å². The van der Waals surface area contributed by atoms with Gasteiger partial charge in [-0.15, -0.1) is 0 Å². The number of likely N-dealkylation sites (tertiary alicyclic amines) is 1. The van der Waals surface area contributed by atoms with E-state index in [0.29, 0.717) is 5.92 Å². The molecule has 0 aliphatic carbocycles. The monoisotopic (exact) mass is 264 g/mol. The Hall–Kier alpha value is -1.42. The Bertz CT molecular complexity index is 440. The highest BCUT2D eigenvalue weighted by Crippen LogP contribution is 2.22. The van der Waals surface area contributed by atoms with Crippen LogP contribution in [0.3, 0.4) is 0 Å². The fourth-order valence-corrected chi connectivity index (χ4v) is 2.64. The molecule has 1 aromatic rings. The van der Waals surface area contributed by atoms with Gasteiger partial charge in [-0.1, -0.05) is 12.1 Å². The minimum absolute atomic E-state index is 0.0317. The van der Waals surface area contributed by atoms with E-state index in [9.17, 15) is 9.18 Å². The van der Waals surface area contributed by atoms with E-state index in [0.717, 1.165) is 37.9 Å². The summed E-state index contributed by atoms with van der Waals surface area (Å²) in [5.74, 6) is 0.380. The maximum atomic E-state index is 13.1. The van der Waals surface area contributed by atoms with Crippen molar-refractivity contribution in [3.63, 3.8) is 0 Å². The number of amides is 1. The molecule has 0 saturated carbocycles. The second-order valence-corrected chi connectivity index (χ2v) is 5.39. The fraction of sp³-hybridized carbons (Fsp3) is 0.533. The molecule has 1 fully saturated rings. The summed E-state index contributed by atoms with van der Waals surface area (Å²) in [6.07, 6.45) is 2.82. The van der Waals surface area contributed by atoms with Crippen LogP contribution in [0.5, 0.6) is 0 Å². The van der Waals surface area contributed by atoms with Gasteiger partial charge in [-0.05, 0) is 49.8 Å². The van der Waals surface area contributed by atoms with E-state index in [-0.39, 0.29) is 11.7 Å². The van der Waals surface area contributed by atoms with Crippen LogP contribution in [0.1, 0.15) is 25.3 Å². The summed E-state index contributed by atoms with van der Waals surface area (Å²) in [7, 11) is 0. The molecule has 1 heterocycles. The summed E-state index contributed by atoms with van der Waals surface area (Å²) in [6.45, 7) is 3.25. The lowest BCUT2D eigenvalue weighted by Crippen LogP contribution is -2.46. The van der Waals surface area contributed by atoms with Gasteiger partial charge in [-0.25, -0.2) is 4.39 Å². The zero-order chi connectivity index (χ0) is 13.8. The van der Waals surface area contributed by atoms with E-state index in [4.69, 9.17) is 5.73 Å². The highest BCUT2D eigenvalue weighted by Gasteiger charge is 2.24. The Balaban J connectivity index is 1.85. The van der Waals surface area contributed by atoms with Crippen LogP contribution in [0.25, 0.3) is 0 Å². The van der Waals surface area contributed by atoms with Crippen molar-refractivity contribution in [3.05, 3.63) is 35.6 Å². The van der Waals surface area contributed by atoms with E-state index in [2.05, 4.69) is 0 Å². The number of carbonyl (C=O) groups is 1. The number of hydrogen-bond donors (Lipinski definition) is 1. The Morgan fingerprint density at radius 2 is 2.16 bits per heavy atom. The van der Waals surface area contributed by atoms with Crippen molar-refractivity contribution in [2.24, 2.45) is 11.7 Å². The zero-order valence-corrected chi connectivity index (χ0v) is 11.3. The minimum atomic E-state index is -0.417. The number of benzene rings is 1. The van der Waals surface area contributed by atoms with Crippen LogP contribution in [-0.2, 0) is 11.2 Å². The molecule has 0 unspecified atom stereocenters. The van der Waals surface area contributed by atoms with E-state index in [1.165, 1.54) is 6.07 Å². The van der Waals surface area contributed by atoms with Gasteiger partial charge in [0.05, 0.1) is 6.04 Å². The van der Waals surface area contributed by atoms with Crippen molar-refractivity contribution < 1.29 is 9.18 Å². The number of carbonyl (C=O) groups excluding carboxylic acids is 1. The molecule has 104 valence electrons. The fourth-order valence-electron chi connectivity index (χ4n) is 2.64. The molecule has 19 heavy (non-hydrogen) atoms. The first-order valence-electron chi connectivity index (χ1n) is 6.85. The third-order valence-electron chi connectivity index (χ3n) is 3.73. The highest BCUT2D eigenvalue weighted by molar-refractivity contribution is 5.81. The van der Waals surface area contributed by atoms with Crippen LogP contribution in [0.4, 0.5) is 4.39 Å². The third kappa shape index (κ3) is 3.77. The summed E-state index contributed by atoms with van der Waals surface area (Å²) < 4.78 is 13.1. The Morgan fingerprint density at radius 3 is 2.74 bits per heavy atom. The summed E-state index contributed by atoms with van der Waals surface area (Å²) in [4.78, 5) is 13.6. The smallest absolute Gasteiger partial charge is 0.239 e. The molecule has 4 heteroatoms. The number of nitrogens with two attached hydrogens (primary N) is 1. The van der Waals surface area contributed by atoms with Gasteiger partial charge in [-0.2, -0.15) is 0 Å². The first-order valence-corrected chi connectivity index (χ1v) is 6.85. The van der Waals surface area contributed by atoms with E-state index in [1.807, 2.05) is 11.0 Å². The largest absolute Gasteiger partial charge is 0.341 e. The van der Waals surface area contributed by atoms with Crippen molar-refractivity contribution in [2.45, 2.75) is 32.2 Å². The Morgan fingerprint density at radius 1 is 1.47 bits per heavy atom. The molecule has 0 aromatic heterocycles. The standard InChI is InChI=1S/C15H21FN2O/c1-11(17)15(19)18-7-5-12(6-8-18)9-13-3-2-4-14(16)10-13/h2-4,10-12H,5-9,17H2,1H3/t11-/m0/s1. The third-order valence-corrected chi connectivity index (χ3v) is 3.73. The average molecular weight is 264 g/mol. The molecule has 1 amide bonds. The number of hydrogen-bond acceptors (Lipinski definition) is 2. The number of halogens is 1. The summed E-state index contributed by atoms with van der Waals surface area (Å²) in [5.41, 5.74) is 6.65. The Kier molecular flexibility index (Phi) is 4.53. The molecular formula is C15H21FN2O. The second kappa shape index (κ2) is 6.15. The van der Waals surface area contributed by atoms with Crippen LogP contribution in [-0.4, -0.2) is 29.9 Å². The summed E-state index contributed by atoms with van der Waals surface area (Å²) in [6, 6.07) is 6.36. The number of piperidine rings is 1. The van der Waals surface area contributed by atoms with Gasteiger partial charge in [0.1, 0.15) is 5.82 Å². The quantitative estimate of drug-likeness (QED) is 0.907. The second-order valence-electron chi connectivity index (χ2n) is 5.39. The molecule has 1 aliphatic rings. The van der Waals surface area contributed by atoms with Crippen LogP contribution >= 0.6 is 0 Å². The molecule has 1 aliphatic heterocycles. The molecule has 0 bridgehead atoms. The molecule has 1 saturated heterocycles. The molecule has 2 N–H and O–H groups in total. The lowest BCUT2D eigenvalue weighted by atomic mass is 9.90. The van der Waals surface area contributed by atoms with Gasteiger partial charge in [0, 0.05) is 13.1 Å². The zero-order valence-electron chi connectivity index (χ0n) is 11.3. The normalized spacial score (nSPS) is 18.4. The van der Waals surface area contributed by atoms with Crippen molar-refractivity contribution in [1.29, 1.82) is 0 Å². The van der Waals surface area contributed by atoms with E-state index < -0.39 is 6.04 Å². The van der Waals surface area contributed by atoms with Crippen LogP contribution < -0.4 is 5.73 Å². The Labute approximate surface area is 113 Å². The first-order chi connectivity index (χ1) is 9.06. The summed E-state index contributed by atoms with van der Waals surface area (Å²) in [5, 5.41) is 0. The molecule has 0 spiro atoms. The van der Waals surface area contributed by atoms with Gasteiger partial charge < -0.3 is 10.6 Å². The maximum absolute atomic E-state index is 13.1. The molecular weight excluding hydrogens is 243 g/mol. The van der Waals surface area contributed by atoms with Crippen LogP contribution in [0.2, 0.25) is 0 Å². The van der Waals surface area contributed by atoms with E-state index >= 15 is 0 Å². The average Bonchev–Trinajstić information content (AvgIpc) is 2.39. The van der Waals surface area contributed by atoms with Crippen molar-refractivity contribution in [1.82, 2.24) is 4.90 Å². The lowest BCUT2D eigenvalue weighted by Gasteiger charge is -2.33. The predicted octanol–water partition coefficient (Wildman–Crippen LogP) is 1.95. The van der Waals surface area contributed by atoms with Crippen LogP contribution in [0.15, 0.2) is 24.3 Å². The topological polar surface area (TPSA) is 46.3 Å². The molecule has 1 atom stereocenters. The SMILES string of the molecule is C[C@H](N)C(=O)N1CCC(Cc2cccc(F)c2)CC1. The summed E-state index contributed by atoms with van der Waals surface area (Å²) >= 11 is 0. The van der Waals surface area contributed by atoms with E-state index in [1.54, 1.807) is 19.1 Å². The number of nitrogens with zero attached hydrogens (tertiary/aromatic N) is 1. The molecule has 2 rings (SSSR count). The van der Waals surface area contributed by atoms with Crippen LogP contribution in [0, 0.1) is 11.7 Å². The predicted molar refractivity (Wildman–Crippen MR) is 73.1 cm³/mol. The maximum Gasteiger partial charge on any atom is 0.239 e. The number of rotatable bonds is 3. The van der Waals surface area contributed by atoms with Crippen molar-refractivity contribution in [2.75, 3.05) is 13.1 Å². The van der Waals surface area contributed by atoms with Gasteiger partial charge in [0.25, 0.3) is 0 Å². The van der Waals surface area contributed by atoms with Gasteiger partial charge in [0.15, 0.2) is 0 Å². The molecule has 0 radical (unpaired) electrons. The van der Waals surface area contributed by atoms with Gasteiger partial charge >= 0.3 is 0 Å². The van der Waals surface area contributed by atoms with Gasteiger partial charge in [-0.3, -0.25) is 4.79 Å². The van der Waals surface area contributed by atoms with Crippen molar-refractivity contribution in [3.8, 4) is 0 Å². The lowest BCUT2D eigenvalue weighted by molar-refractivity contribution is -0.133. The minimum Gasteiger partial charge on any atom is -0.341 e. The van der Waals surface area contributed by atoms with Crippen molar-refractivity contribution >= 4 is 5.91 Å². The molecule has 1 aromatic carbocycles. The molecule has 3 nitrogen and oxygen atoms in total.